The molecule has 0 spiro atoms. The van der Waals surface area contributed by atoms with Crippen LogP contribution in [0.15, 0.2) is 42.5 Å². The van der Waals surface area contributed by atoms with Gasteiger partial charge in [-0.25, -0.2) is 9.18 Å². The molecule has 1 aliphatic rings. The van der Waals surface area contributed by atoms with E-state index >= 15 is 0 Å². The standard InChI is InChI=1S/C19H17F4NO3/c20-15-6-5-13(18(25)26)9-16(15)24-8-7-12(10-24)11-27-17-4-2-1-3-14(17)19(21,22)23/h1-6,9,12H,7-8,10-11H2,(H,25,26)/t12-/m0/s1. The van der Waals surface area contributed by atoms with Crippen LogP contribution in [0.3, 0.4) is 0 Å². The summed E-state index contributed by atoms with van der Waals surface area (Å²) in [6, 6.07) is 8.55. The molecule has 0 radical (unpaired) electrons. The van der Waals surface area contributed by atoms with Crippen LogP contribution in [-0.4, -0.2) is 30.8 Å². The second kappa shape index (κ2) is 7.46. The molecule has 27 heavy (non-hydrogen) atoms. The summed E-state index contributed by atoms with van der Waals surface area (Å²) in [5.74, 6) is -2.02. The van der Waals surface area contributed by atoms with Crippen LogP contribution in [-0.2, 0) is 6.18 Å². The van der Waals surface area contributed by atoms with Gasteiger partial charge in [0, 0.05) is 19.0 Å². The van der Waals surface area contributed by atoms with Crippen LogP contribution in [0, 0.1) is 11.7 Å². The van der Waals surface area contributed by atoms with Crippen LogP contribution in [0.4, 0.5) is 23.2 Å². The molecule has 0 aliphatic carbocycles. The number of carboxylic acid groups (broad SMARTS) is 1. The van der Waals surface area contributed by atoms with Gasteiger partial charge in [0.25, 0.3) is 0 Å². The molecule has 4 nitrogen and oxygen atoms in total. The maximum Gasteiger partial charge on any atom is 0.419 e. The van der Waals surface area contributed by atoms with E-state index in [1.54, 1.807) is 4.90 Å². The number of carbonyl (C=O) groups is 1. The largest absolute Gasteiger partial charge is 0.493 e. The van der Waals surface area contributed by atoms with Crippen LogP contribution >= 0.6 is 0 Å². The molecule has 0 saturated carbocycles. The minimum atomic E-state index is -4.50. The summed E-state index contributed by atoms with van der Waals surface area (Å²) in [5.41, 5.74) is -0.682. The van der Waals surface area contributed by atoms with Gasteiger partial charge in [0.2, 0.25) is 0 Å². The molecule has 1 heterocycles. The van der Waals surface area contributed by atoms with Crippen LogP contribution < -0.4 is 9.64 Å². The molecular weight excluding hydrogens is 366 g/mol. The molecule has 2 aromatic carbocycles. The highest BCUT2D eigenvalue weighted by molar-refractivity contribution is 5.88. The predicted molar refractivity (Wildman–Crippen MR) is 90.6 cm³/mol. The highest BCUT2D eigenvalue weighted by Crippen LogP contribution is 2.36. The van der Waals surface area contributed by atoms with Gasteiger partial charge in [0.1, 0.15) is 11.6 Å². The van der Waals surface area contributed by atoms with Gasteiger partial charge in [-0.1, -0.05) is 12.1 Å². The summed E-state index contributed by atoms with van der Waals surface area (Å²) in [6.07, 6.45) is -3.90. The zero-order chi connectivity index (χ0) is 19.6. The van der Waals surface area contributed by atoms with E-state index in [0.717, 1.165) is 12.1 Å². The lowest BCUT2D eigenvalue weighted by atomic mass is 10.1. The van der Waals surface area contributed by atoms with E-state index in [1.165, 1.54) is 30.3 Å². The number of aromatic carboxylic acids is 1. The molecule has 0 amide bonds. The third-order valence-corrected chi connectivity index (χ3v) is 4.49. The fourth-order valence-electron chi connectivity index (χ4n) is 3.11. The van der Waals surface area contributed by atoms with E-state index in [-0.39, 0.29) is 29.5 Å². The Kier molecular flexibility index (Phi) is 5.25. The molecule has 0 unspecified atom stereocenters. The summed E-state index contributed by atoms with van der Waals surface area (Å²) in [7, 11) is 0. The van der Waals surface area contributed by atoms with Gasteiger partial charge in [0.15, 0.2) is 0 Å². The predicted octanol–water partition coefficient (Wildman–Crippen LogP) is 4.45. The van der Waals surface area contributed by atoms with Crippen LogP contribution in [0.25, 0.3) is 0 Å². The number of ether oxygens (including phenoxy) is 1. The summed E-state index contributed by atoms with van der Waals surface area (Å²) in [5, 5.41) is 9.04. The highest BCUT2D eigenvalue weighted by atomic mass is 19.4. The summed E-state index contributed by atoms with van der Waals surface area (Å²) < 4.78 is 58.5. The van der Waals surface area contributed by atoms with E-state index in [1.807, 2.05) is 0 Å². The van der Waals surface area contributed by atoms with Crippen molar-refractivity contribution >= 4 is 11.7 Å². The number of hydrogen-bond donors (Lipinski definition) is 1. The molecule has 2 aromatic rings. The van der Waals surface area contributed by atoms with Gasteiger partial charge in [-0.2, -0.15) is 13.2 Å². The van der Waals surface area contributed by atoms with Crippen molar-refractivity contribution in [2.45, 2.75) is 12.6 Å². The molecule has 1 atom stereocenters. The van der Waals surface area contributed by atoms with Crippen molar-refractivity contribution in [3.8, 4) is 5.75 Å². The van der Waals surface area contributed by atoms with Crippen molar-refractivity contribution in [2.24, 2.45) is 5.92 Å². The maximum absolute atomic E-state index is 14.1. The van der Waals surface area contributed by atoms with Gasteiger partial charge in [-0.3, -0.25) is 0 Å². The Labute approximate surface area is 153 Å². The number of nitrogens with zero attached hydrogens (tertiary/aromatic N) is 1. The zero-order valence-corrected chi connectivity index (χ0v) is 14.2. The van der Waals surface area contributed by atoms with Gasteiger partial charge >= 0.3 is 12.1 Å². The first kappa shape index (κ1) is 19.0. The number of benzene rings is 2. The van der Waals surface area contributed by atoms with E-state index in [2.05, 4.69) is 0 Å². The second-order valence-electron chi connectivity index (χ2n) is 6.38. The first-order chi connectivity index (χ1) is 12.8. The summed E-state index contributed by atoms with van der Waals surface area (Å²) in [4.78, 5) is 12.7. The average molecular weight is 383 g/mol. The SMILES string of the molecule is O=C(O)c1ccc(F)c(N2CC[C@H](COc3ccccc3C(F)(F)F)C2)c1. The molecular formula is C19H17F4NO3. The molecule has 1 saturated heterocycles. The second-order valence-corrected chi connectivity index (χ2v) is 6.38. The molecule has 1 fully saturated rings. The van der Waals surface area contributed by atoms with Crippen molar-refractivity contribution in [1.82, 2.24) is 0 Å². The van der Waals surface area contributed by atoms with E-state index in [0.29, 0.717) is 19.5 Å². The Balaban J connectivity index is 1.67. The lowest BCUT2D eigenvalue weighted by Crippen LogP contribution is -2.23. The summed E-state index contributed by atoms with van der Waals surface area (Å²) in [6.45, 7) is 0.896. The third-order valence-electron chi connectivity index (χ3n) is 4.49. The van der Waals surface area contributed by atoms with Crippen LogP contribution in [0.1, 0.15) is 22.3 Å². The minimum Gasteiger partial charge on any atom is -0.493 e. The number of alkyl halides is 3. The Morgan fingerprint density at radius 1 is 1.22 bits per heavy atom. The highest BCUT2D eigenvalue weighted by Gasteiger charge is 2.34. The Hall–Kier alpha value is -2.77. The fraction of sp³-hybridized carbons (Fsp3) is 0.316. The van der Waals surface area contributed by atoms with Gasteiger partial charge < -0.3 is 14.7 Å². The fourth-order valence-corrected chi connectivity index (χ4v) is 3.11. The maximum atomic E-state index is 14.1. The first-order valence-electron chi connectivity index (χ1n) is 8.32. The average Bonchev–Trinajstić information content (AvgIpc) is 3.08. The Morgan fingerprint density at radius 2 is 1.96 bits per heavy atom. The van der Waals surface area contributed by atoms with Gasteiger partial charge in [-0.15, -0.1) is 0 Å². The molecule has 144 valence electrons. The molecule has 3 rings (SSSR count). The van der Waals surface area contributed by atoms with Crippen molar-refractivity contribution < 1.29 is 32.2 Å². The van der Waals surface area contributed by atoms with Crippen molar-refractivity contribution in [3.05, 3.63) is 59.4 Å². The Bertz CT molecular complexity index is 838. The van der Waals surface area contributed by atoms with Crippen LogP contribution in [0.2, 0.25) is 0 Å². The van der Waals surface area contributed by atoms with Gasteiger partial charge in [-0.05, 0) is 36.8 Å². The monoisotopic (exact) mass is 383 g/mol. The lowest BCUT2D eigenvalue weighted by Gasteiger charge is -2.20. The normalized spacial score (nSPS) is 17.2. The van der Waals surface area contributed by atoms with Crippen molar-refractivity contribution in [2.75, 3.05) is 24.6 Å². The van der Waals surface area contributed by atoms with Crippen LogP contribution in [0.5, 0.6) is 5.75 Å². The third kappa shape index (κ3) is 4.32. The summed E-state index contributed by atoms with van der Waals surface area (Å²) >= 11 is 0. The molecule has 0 bridgehead atoms. The molecule has 1 aliphatic heterocycles. The lowest BCUT2D eigenvalue weighted by molar-refractivity contribution is -0.139. The number of carboxylic acids is 1. The number of halogens is 4. The van der Waals surface area contributed by atoms with E-state index in [9.17, 15) is 22.4 Å². The van der Waals surface area contributed by atoms with Crippen molar-refractivity contribution in [1.29, 1.82) is 0 Å². The van der Waals surface area contributed by atoms with Crippen molar-refractivity contribution in [3.63, 3.8) is 0 Å². The number of para-hydroxylation sites is 1. The molecule has 0 aromatic heterocycles. The van der Waals surface area contributed by atoms with Gasteiger partial charge in [0.05, 0.1) is 23.4 Å². The van der Waals surface area contributed by atoms with E-state index < -0.39 is 23.5 Å². The van der Waals surface area contributed by atoms with E-state index in [4.69, 9.17) is 9.84 Å². The number of anilines is 1. The quantitative estimate of drug-likeness (QED) is 0.776. The first-order valence-corrected chi connectivity index (χ1v) is 8.32. The number of rotatable bonds is 5. The Morgan fingerprint density at radius 3 is 2.67 bits per heavy atom. The molecule has 1 N–H and O–H groups in total. The number of hydrogen-bond acceptors (Lipinski definition) is 3. The smallest absolute Gasteiger partial charge is 0.419 e. The zero-order valence-electron chi connectivity index (χ0n) is 14.2. The topological polar surface area (TPSA) is 49.8 Å². The molecule has 8 heteroatoms. The minimum absolute atomic E-state index is 0.0230.